The maximum atomic E-state index is 10.2. The Morgan fingerprint density at radius 1 is 1.11 bits per heavy atom. The van der Waals surface area contributed by atoms with Crippen LogP contribution in [0.15, 0.2) is 42.6 Å². The topological polar surface area (TPSA) is 102 Å². The molecule has 138 valence electrons. The lowest BCUT2D eigenvalue weighted by Gasteiger charge is -2.10. The van der Waals surface area contributed by atoms with E-state index in [9.17, 15) is 10.2 Å². The molecule has 1 heterocycles. The molecule has 7 heteroatoms. The van der Waals surface area contributed by atoms with Gasteiger partial charge in [-0.05, 0) is 36.6 Å². The standard InChI is InChI=1S/C20H18ClN3O3/c21-17-10-15(18(25)11-19(17)26)20-16(12-23-24-20)13-5-4-6-14(9-13)27-8-3-1-2-7-22/h4-6,9-12,25-26H,1-3,8H2,(H,23,24). The largest absolute Gasteiger partial charge is 0.507 e. The summed E-state index contributed by atoms with van der Waals surface area (Å²) in [7, 11) is 0. The third-order valence-electron chi connectivity index (χ3n) is 4.07. The molecule has 2 aromatic carbocycles. The molecular formula is C20H18ClN3O3. The second-order valence-corrected chi connectivity index (χ2v) is 6.38. The summed E-state index contributed by atoms with van der Waals surface area (Å²) in [5, 5.41) is 35.5. The zero-order valence-electron chi connectivity index (χ0n) is 14.4. The molecule has 0 fully saturated rings. The van der Waals surface area contributed by atoms with Crippen LogP contribution in [0.1, 0.15) is 19.3 Å². The number of hydrogen-bond donors (Lipinski definition) is 3. The minimum atomic E-state index is -0.189. The SMILES string of the molecule is N#CCCCCOc1cccc(-c2cn[nH]c2-c2cc(Cl)c(O)cc2O)c1. The average molecular weight is 384 g/mol. The van der Waals surface area contributed by atoms with Gasteiger partial charge in [0, 0.05) is 23.6 Å². The van der Waals surface area contributed by atoms with Gasteiger partial charge in [0.05, 0.1) is 29.6 Å². The van der Waals surface area contributed by atoms with Crippen molar-refractivity contribution in [3.8, 4) is 45.7 Å². The number of nitriles is 1. The van der Waals surface area contributed by atoms with E-state index >= 15 is 0 Å². The molecule has 3 N–H and O–H groups in total. The van der Waals surface area contributed by atoms with E-state index in [0.717, 1.165) is 24.0 Å². The van der Waals surface area contributed by atoms with Crippen molar-refractivity contribution in [2.24, 2.45) is 0 Å². The van der Waals surface area contributed by atoms with Gasteiger partial charge in [-0.2, -0.15) is 10.4 Å². The number of nitrogens with zero attached hydrogens (tertiary/aromatic N) is 2. The number of phenols is 2. The minimum absolute atomic E-state index is 0.104. The van der Waals surface area contributed by atoms with E-state index in [1.165, 1.54) is 12.1 Å². The summed E-state index contributed by atoms with van der Waals surface area (Å²) in [6, 6.07) is 12.3. The van der Waals surface area contributed by atoms with E-state index in [-0.39, 0.29) is 16.5 Å². The molecule has 0 aliphatic rings. The Bertz CT molecular complexity index is 979. The molecule has 1 aromatic heterocycles. The van der Waals surface area contributed by atoms with Crippen LogP contribution >= 0.6 is 11.6 Å². The number of phenolic OH excluding ortho intramolecular Hbond substituents is 2. The number of ether oxygens (including phenoxy) is 1. The number of H-pyrrole nitrogens is 1. The number of aromatic amines is 1. The number of hydrogen-bond acceptors (Lipinski definition) is 5. The summed E-state index contributed by atoms with van der Waals surface area (Å²) in [5.74, 6) is 0.419. The van der Waals surface area contributed by atoms with Crippen molar-refractivity contribution in [2.75, 3.05) is 6.61 Å². The highest BCUT2D eigenvalue weighted by molar-refractivity contribution is 6.32. The Hall–Kier alpha value is -3.17. The monoisotopic (exact) mass is 383 g/mol. The molecule has 0 atom stereocenters. The molecule has 3 aromatic rings. The smallest absolute Gasteiger partial charge is 0.137 e. The highest BCUT2D eigenvalue weighted by Crippen LogP contribution is 2.40. The number of halogens is 1. The van der Waals surface area contributed by atoms with Crippen LogP contribution in [0.2, 0.25) is 5.02 Å². The van der Waals surface area contributed by atoms with E-state index in [2.05, 4.69) is 16.3 Å². The van der Waals surface area contributed by atoms with Gasteiger partial charge < -0.3 is 14.9 Å². The Morgan fingerprint density at radius 2 is 1.96 bits per heavy atom. The summed E-state index contributed by atoms with van der Waals surface area (Å²) in [4.78, 5) is 0. The second kappa shape index (κ2) is 8.47. The van der Waals surface area contributed by atoms with Gasteiger partial charge in [0.15, 0.2) is 0 Å². The predicted molar refractivity (Wildman–Crippen MR) is 103 cm³/mol. The van der Waals surface area contributed by atoms with Crippen LogP contribution in [-0.4, -0.2) is 27.0 Å². The number of aromatic nitrogens is 2. The number of nitrogens with one attached hydrogen (secondary N) is 1. The summed E-state index contributed by atoms with van der Waals surface area (Å²) in [5.41, 5.74) is 2.65. The molecule has 27 heavy (non-hydrogen) atoms. The maximum Gasteiger partial charge on any atom is 0.137 e. The molecule has 0 spiro atoms. The number of rotatable bonds is 7. The molecule has 0 saturated heterocycles. The van der Waals surface area contributed by atoms with Crippen molar-refractivity contribution in [1.29, 1.82) is 5.26 Å². The van der Waals surface area contributed by atoms with Crippen LogP contribution in [0.5, 0.6) is 17.2 Å². The van der Waals surface area contributed by atoms with Crippen LogP contribution < -0.4 is 4.74 Å². The van der Waals surface area contributed by atoms with Crippen LogP contribution in [-0.2, 0) is 0 Å². The lowest BCUT2D eigenvalue weighted by Crippen LogP contribution is -1.97. The normalized spacial score (nSPS) is 10.5. The zero-order chi connectivity index (χ0) is 19.2. The van der Waals surface area contributed by atoms with Gasteiger partial charge in [-0.3, -0.25) is 5.10 Å². The molecular weight excluding hydrogens is 366 g/mol. The zero-order valence-corrected chi connectivity index (χ0v) is 15.2. The summed E-state index contributed by atoms with van der Waals surface area (Å²) < 4.78 is 5.75. The molecule has 0 aliphatic carbocycles. The Kier molecular flexibility index (Phi) is 5.84. The van der Waals surface area contributed by atoms with Gasteiger partial charge in [-0.25, -0.2) is 0 Å². The van der Waals surface area contributed by atoms with E-state index in [1.807, 2.05) is 24.3 Å². The summed E-state index contributed by atoms with van der Waals surface area (Å²) >= 11 is 5.98. The predicted octanol–water partition coefficient (Wildman–Crippen LogP) is 4.88. The first-order chi connectivity index (χ1) is 13.1. The van der Waals surface area contributed by atoms with Gasteiger partial charge in [0.1, 0.15) is 17.2 Å². The van der Waals surface area contributed by atoms with Crippen LogP contribution in [0.3, 0.4) is 0 Å². The number of aromatic hydroxyl groups is 2. The van der Waals surface area contributed by atoms with Crippen LogP contribution in [0.4, 0.5) is 0 Å². The van der Waals surface area contributed by atoms with E-state index < -0.39 is 0 Å². The van der Waals surface area contributed by atoms with Crippen LogP contribution in [0, 0.1) is 11.3 Å². The summed E-state index contributed by atoms with van der Waals surface area (Å²) in [6.07, 6.45) is 3.81. The Morgan fingerprint density at radius 3 is 2.78 bits per heavy atom. The highest BCUT2D eigenvalue weighted by atomic mass is 35.5. The molecule has 0 amide bonds. The van der Waals surface area contributed by atoms with Crippen molar-refractivity contribution in [1.82, 2.24) is 10.2 Å². The average Bonchev–Trinajstić information content (AvgIpc) is 3.14. The third kappa shape index (κ3) is 4.33. The molecule has 0 radical (unpaired) electrons. The van der Waals surface area contributed by atoms with Gasteiger partial charge in [-0.1, -0.05) is 23.7 Å². The fraction of sp³-hybridized carbons (Fsp3) is 0.200. The minimum Gasteiger partial charge on any atom is -0.507 e. The lowest BCUT2D eigenvalue weighted by atomic mass is 10.0. The second-order valence-electron chi connectivity index (χ2n) is 5.97. The first-order valence-electron chi connectivity index (χ1n) is 8.45. The van der Waals surface area contributed by atoms with Crippen molar-refractivity contribution in [3.05, 3.63) is 47.6 Å². The van der Waals surface area contributed by atoms with Gasteiger partial charge >= 0.3 is 0 Å². The first-order valence-corrected chi connectivity index (χ1v) is 8.83. The van der Waals surface area contributed by atoms with E-state index in [4.69, 9.17) is 21.6 Å². The van der Waals surface area contributed by atoms with Gasteiger partial charge in [0.25, 0.3) is 0 Å². The van der Waals surface area contributed by atoms with Crippen molar-refractivity contribution >= 4 is 11.6 Å². The Balaban J connectivity index is 1.85. The highest BCUT2D eigenvalue weighted by Gasteiger charge is 2.16. The molecule has 0 aliphatic heterocycles. The lowest BCUT2D eigenvalue weighted by molar-refractivity contribution is 0.307. The van der Waals surface area contributed by atoms with Crippen molar-refractivity contribution in [2.45, 2.75) is 19.3 Å². The molecule has 6 nitrogen and oxygen atoms in total. The maximum absolute atomic E-state index is 10.2. The first kappa shape index (κ1) is 18.6. The third-order valence-corrected chi connectivity index (χ3v) is 4.37. The van der Waals surface area contributed by atoms with Crippen molar-refractivity contribution in [3.63, 3.8) is 0 Å². The quantitative estimate of drug-likeness (QED) is 0.504. The molecule has 0 unspecified atom stereocenters. The molecule has 0 saturated carbocycles. The van der Waals surface area contributed by atoms with Gasteiger partial charge in [0.2, 0.25) is 0 Å². The fourth-order valence-corrected chi connectivity index (χ4v) is 2.87. The molecule has 0 bridgehead atoms. The van der Waals surface area contributed by atoms with Crippen LogP contribution in [0.25, 0.3) is 22.4 Å². The number of unbranched alkanes of at least 4 members (excludes halogenated alkanes) is 2. The van der Waals surface area contributed by atoms with Gasteiger partial charge in [-0.15, -0.1) is 0 Å². The number of benzene rings is 2. The Labute approximate surface area is 161 Å². The fourth-order valence-electron chi connectivity index (χ4n) is 2.71. The van der Waals surface area contributed by atoms with E-state index in [1.54, 1.807) is 6.20 Å². The molecule has 3 rings (SSSR count). The summed E-state index contributed by atoms with van der Waals surface area (Å²) in [6.45, 7) is 0.539. The van der Waals surface area contributed by atoms with E-state index in [0.29, 0.717) is 30.0 Å². The van der Waals surface area contributed by atoms with Crippen molar-refractivity contribution < 1.29 is 14.9 Å².